The van der Waals surface area contributed by atoms with Crippen LogP contribution in [0.2, 0.25) is 0 Å². The second-order valence-corrected chi connectivity index (χ2v) is 5.25. The van der Waals surface area contributed by atoms with Gasteiger partial charge in [0.25, 0.3) is 0 Å². The Kier molecular flexibility index (Phi) is 4.38. The van der Waals surface area contributed by atoms with Crippen LogP contribution >= 0.6 is 0 Å². The molecule has 1 N–H and O–H groups in total. The lowest BCUT2D eigenvalue weighted by molar-refractivity contribution is -0.129. The van der Waals surface area contributed by atoms with Gasteiger partial charge in [-0.1, -0.05) is 31.4 Å². The summed E-state index contributed by atoms with van der Waals surface area (Å²) in [6.07, 6.45) is 4.30. The zero-order valence-electron chi connectivity index (χ0n) is 11.4. The van der Waals surface area contributed by atoms with Crippen LogP contribution in [0.15, 0.2) is 24.3 Å². The lowest BCUT2D eigenvalue weighted by atomic mass is 9.74. The molecule has 0 radical (unpaired) electrons. The second kappa shape index (κ2) is 6.21. The zero-order valence-corrected chi connectivity index (χ0v) is 11.4. The Balaban J connectivity index is 1.97. The molecular weight excluding hydrogens is 250 g/mol. The minimum atomic E-state index is -0.842. The van der Waals surface area contributed by atoms with Crippen LogP contribution < -0.4 is 5.32 Å². The Hall–Kier alpha value is -2.33. The van der Waals surface area contributed by atoms with Crippen molar-refractivity contribution in [3.05, 3.63) is 35.4 Å². The van der Waals surface area contributed by atoms with Crippen LogP contribution in [0.3, 0.4) is 0 Å². The maximum Gasteiger partial charge on any atom is 0.240 e. The predicted molar refractivity (Wildman–Crippen MR) is 74.1 cm³/mol. The number of nitrogens with zero attached hydrogens (tertiary/aromatic N) is 2. The van der Waals surface area contributed by atoms with Crippen LogP contribution in [0.5, 0.6) is 0 Å². The van der Waals surface area contributed by atoms with Gasteiger partial charge in [0.15, 0.2) is 0 Å². The highest BCUT2D eigenvalue weighted by molar-refractivity contribution is 5.85. The number of nitrogens with one attached hydrogen (secondary N) is 1. The number of rotatable bonds is 3. The molecule has 4 heteroatoms. The highest BCUT2D eigenvalue weighted by Gasteiger charge is 2.39. The van der Waals surface area contributed by atoms with E-state index in [-0.39, 0.29) is 5.91 Å². The van der Waals surface area contributed by atoms with Crippen molar-refractivity contribution in [3.8, 4) is 12.1 Å². The molecule has 0 aromatic heterocycles. The molecule has 1 amide bonds. The van der Waals surface area contributed by atoms with E-state index in [1.807, 2.05) is 12.1 Å². The summed E-state index contributed by atoms with van der Waals surface area (Å²) in [7, 11) is 0. The van der Waals surface area contributed by atoms with Crippen molar-refractivity contribution in [3.63, 3.8) is 0 Å². The standard InChI is InChI=1S/C16H17N3O/c17-10-13-4-6-14(7-5-13)11-19-15(20)16(12-18)8-2-1-3-9-16/h4-7H,1-3,8-9,11H2,(H,19,20). The van der Waals surface area contributed by atoms with Crippen LogP contribution in [0.1, 0.15) is 43.2 Å². The van der Waals surface area contributed by atoms with Crippen LogP contribution in [0.4, 0.5) is 0 Å². The first-order valence-corrected chi connectivity index (χ1v) is 6.89. The Morgan fingerprint density at radius 3 is 2.35 bits per heavy atom. The van der Waals surface area contributed by atoms with Gasteiger partial charge in [0.05, 0.1) is 17.7 Å². The second-order valence-electron chi connectivity index (χ2n) is 5.25. The predicted octanol–water partition coefficient (Wildman–Crippen LogP) is 2.65. The molecule has 0 aliphatic heterocycles. The molecule has 0 spiro atoms. The average Bonchev–Trinajstić information content (AvgIpc) is 2.53. The molecule has 102 valence electrons. The first kappa shape index (κ1) is 14.1. The Bertz CT molecular complexity index is 557. The first-order valence-electron chi connectivity index (χ1n) is 6.89. The topological polar surface area (TPSA) is 76.7 Å². The van der Waals surface area contributed by atoms with Gasteiger partial charge in [-0.2, -0.15) is 10.5 Å². The lowest BCUT2D eigenvalue weighted by Crippen LogP contribution is -2.41. The van der Waals surface area contributed by atoms with Crippen LogP contribution in [0.25, 0.3) is 0 Å². The summed E-state index contributed by atoms with van der Waals surface area (Å²) in [5.74, 6) is -0.163. The van der Waals surface area contributed by atoms with E-state index in [0.29, 0.717) is 24.9 Å². The highest BCUT2D eigenvalue weighted by atomic mass is 16.2. The van der Waals surface area contributed by atoms with Gasteiger partial charge in [-0.15, -0.1) is 0 Å². The van der Waals surface area contributed by atoms with E-state index in [9.17, 15) is 10.1 Å². The van der Waals surface area contributed by atoms with Crippen molar-refractivity contribution >= 4 is 5.91 Å². The average molecular weight is 267 g/mol. The van der Waals surface area contributed by atoms with Gasteiger partial charge in [-0.3, -0.25) is 4.79 Å². The molecule has 0 bridgehead atoms. The Morgan fingerprint density at radius 1 is 1.15 bits per heavy atom. The number of benzene rings is 1. The van der Waals surface area contributed by atoms with Gasteiger partial charge in [-0.25, -0.2) is 0 Å². The summed E-state index contributed by atoms with van der Waals surface area (Å²) < 4.78 is 0. The third kappa shape index (κ3) is 2.97. The van der Waals surface area contributed by atoms with Crippen LogP contribution in [-0.2, 0) is 11.3 Å². The van der Waals surface area contributed by atoms with Crippen molar-refractivity contribution in [2.24, 2.45) is 5.41 Å². The SMILES string of the molecule is N#Cc1ccc(CNC(=O)C2(C#N)CCCCC2)cc1. The molecule has 0 saturated heterocycles. The summed E-state index contributed by atoms with van der Waals surface area (Å²) in [5, 5.41) is 20.9. The fourth-order valence-corrected chi connectivity index (χ4v) is 2.59. The number of nitriles is 2. The molecule has 1 aromatic rings. The molecule has 1 aliphatic rings. The van der Waals surface area contributed by atoms with Crippen molar-refractivity contribution in [1.29, 1.82) is 10.5 Å². The molecule has 1 aromatic carbocycles. The molecular formula is C16H17N3O. The van der Waals surface area contributed by atoms with Gasteiger partial charge in [0.2, 0.25) is 5.91 Å². The Labute approximate surface area is 119 Å². The van der Waals surface area contributed by atoms with E-state index in [0.717, 1.165) is 24.8 Å². The molecule has 1 saturated carbocycles. The van der Waals surface area contributed by atoms with Crippen LogP contribution in [0, 0.1) is 28.1 Å². The highest BCUT2D eigenvalue weighted by Crippen LogP contribution is 2.35. The third-order valence-corrected chi connectivity index (χ3v) is 3.89. The third-order valence-electron chi connectivity index (χ3n) is 3.89. The summed E-state index contributed by atoms with van der Waals surface area (Å²) in [4.78, 5) is 12.3. The number of carbonyl (C=O) groups is 1. The summed E-state index contributed by atoms with van der Waals surface area (Å²) in [6, 6.07) is 11.4. The van der Waals surface area contributed by atoms with Crippen molar-refractivity contribution < 1.29 is 4.79 Å². The van der Waals surface area contributed by atoms with Gasteiger partial charge in [-0.05, 0) is 30.5 Å². The summed E-state index contributed by atoms with van der Waals surface area (Å²) >= 11 is 0. The zero-order chi connectivity index (χ0) is 14.4. The maximum absolute atomic E-state index is 12.3. The van der Waals surface area contributed by atoms with Gasteiger partial charge >= 0.3 is 0 Å². The quantitative estimate of drug-likeness (QED) is 0.914. The smallest absolute Gasteiger partial charge is 0.240 e. The minimum absolute atomic E-state index is 0.163. The summed E-state index contributed by atoms with van der Waals surface area (Å²) in [5.41, 5.74) is 0.687. The Morgan fingerprint density at radius 2 is 1.80 bits per heavy atom. The monoisotopic (exact) mass is 267 g/mol. The molecule has 2 rings (SSSR count). The molecule has 1 aliphatic carbocycles. The van der Waals surface area contributed by atoms with E-state index >= 15 is 0 Å². The number of carbonyl (C=O) groups excluding carboxylic acids is 1. The minimum Gasteiger partial charge on any atom is -0.351 e. The summed E-state index contributed by atoms with van der Waals surface area (Å²) in [6.45, 7) is 0.397. The van der Waals surface area contributed by atoms with Crippen molar-refractivity contribution in [2.45, 2.75) is 38.6 Å². The molecule has 0 unspecified atom stereocenters. The van der Waals surface area contributed by atoms with Crippen molar-refractivity contribution in [1.82, 2.24) is 5.32 Å². The van der Waals surface area contributed by atoms with E-state index in [2.05, 4.69) is 17.5 Å². The number of hydrogen-bond acceptors (Lipinski definition) is 3. The maximum atomic E-state index is 12.3. The molecule has 20 heavy (non-hydrogen) atoms. The molecule has 4 nitrogen and oxygen atoms in total. The van der Waals surface area contributed by atoms with E-state index in [1.54, 1.807) is 12.1 Å². The number of hydrogen-bond donors (Lipinski definition) is 1. The largest absolute Gasteiger partial charge is 0.351 e. The van der Waals surface area contributed by atoms with Gasteiger partial charge in [0, 0.05) is 6.54 Å². The molecule has 1 fully saturated rings. The van der Waals surface area contributed by atoms with E-state index in [4.69, 9.17) is 5.26 Å². The van der Waals surface area contributed by atoms with E-state index < -0.39 is 5.41 Å². The van der Waals surface area contributed by atoms with Crippen LogP contribution in [-0.4, -0.2) is 5.91 Å². The number of amides is 1. The normalized spacial score (nSPS) is 16.7. The molecule has 0 heterocycles. The van der Waals surface area contributed by atoms with Crippen molar-refractivity contribution in [2.75, 3.05) is 0 Å². The fraction of sp³-hybridized carbons (Fsp3) is 0.438. The fourth-order valence-electron chi connectivity index (χ4n) is 2.59. The molecule has 0 atom stereocenters. The van der Waals surface area contributed by atoms with Gasteiger partial charge in [0.1, 0.15) is 5.41 Å². The van der Waals surface area contributed by atoms with Gasteiger partial charge < -0.3 is 5.32 Å². The first-order chi connectivity index (χ1) is 9.70. The van der Waals surface area contributed by atoms with E-state index in [1.165, 1.54) is 0 Å². The lowest BCUT2D eigenvalue weighted by Gasteiger charge is -2.29.